The molecule has 0 amide bonds. The maximum atomic E-state index is 11.7. The highest BCUT2D eigenvalue weighted by atomic mass is 16.6. The van der Waals surface area contributed by atoms with Gasteiger partial charge in [-0.15, -0.1) is 0 Å². The predicted octanol–water partition coefficient (Wildman–Crippen LogP) is 0.920. The molecule has 1 heterocycles. The molecule has 1 atom stereocenters. The van der Waals surface area contributed by atoms with Crippen LogP contribution < -0.4 is 5.73 Å². The molecule has 1 aromatic carbocycles. The van der Waals surface area contributed by atoms with E-state index in [0.29, 0.717) is 25.3 Å². The summed E-state index contributed by atoms with van der Waals surface area (Å²) in [6, 6.07) is 4.19. The van der Waals surface area contributed by atoms with Crippen molar-refractivity contribution in [3.05, 3.63) is 23.8 Å². The van der Waals surface area contributed by atoms with Crippen LogP contribution in [0.25, 0.3) is 0 Å². The lowest BCUT2D eigenvalue weighted by molar-refractivity contribution is 0.0271. The summed E-state index contributed by atoms with van der Waals surface area (Å²) in [6.45, 7) is 1.03. The van der Waals surface area contributed by atoms with Gasteiger partial charge in [0.05, 0.1) is 18.8 Å². The molecular formula is C11H13NO4. The van der Waals surface area contributed by atoms with E-state index in [0.717, 1.165) is 0 Å². The predicted molar refractivity (Wildman–Crippen MR) is 57.2 cm³/mol. The molecule has 1 fully saturated rings. The smallest absolute Gasteiger partial charge is 0.340 e. The van der Waals surface area contributed by atoms with E-state index in [1.165, 1.54) is 18.2 Å². The van der Waals surface area contributed by atoms with Gasteiger partial charge in [0.1, 0.15) is 11.9 Å². The highest BCUT2D eigenvalue weighted by molar-refractivity contribution is 5.95. The van der Waals surface area contributed by atoms with E-state index >= 15 is 0 Å². The fraction of sp³-hybridized carbons (Fsp3) is 0.364. The van der Waals surface area contributed by atoms with Gasteiger partial charge < -0.3 is 20.3 Å². The lowest BCUT2D eigenvalue weighted by Crippen LogP contribution is -2.18. The number of carbonyl (C=O) groups is 1. The molecule has 0 aliphatic carbocycles. The summed E-state index contributed by atoms with van der Waals surface area (Å²) < 4.78 is 10.3. The summed E-state index contributed by atoms with van der Waals surface area (Å²) in [4.78, 5) is 11.7. The van der Waals surface area contributed by atoms with E-state index in [1.807, 2.05) is 0 Å². The fourth-order valence-electron chi connectivity index (χ4n) is 1.54. The van der Waals surface area contributed by atoms with Crippen molar-refractivity contribution in [1.29, 1.82) is 0 Å². The van der Waals surface area contributed by atoms with Gasteiger partial charge in [-0.3, -0.25) is 0 Å². The molecule has 0 saturated carbocycles. The largest absolute Gasteiger partial charge is 0.508 e. The van der Waals surface area contributed by atoms with E-state index in [9.17, 15) is 9.90 Å². The summed E-state index contributed by atoms with van der Waals surface area (Å²) in [7, 11) is 0. The zero-order chi connectivity index (χ0) is 11.5. The molecule has 0 bridgehead atoms. The van der Waals surface area contributed by atoms with Crippen LogP contribution in [0.15, 0.2) is 18.2 Å². The molecule has 1 aromatic rings. The molecule has 1 saturated heterocycles. The summed E-state index contributed by atoms with van der Waals surface area (Å²) in [5.41, 5.74) is 6.10. The van der Waals surface area contributed by atoms with Gasteiger partial charge in [-0.2, -0.15) is 0 Å². The van der Waals surface area contributed by atoms with Gasteiger partial charge in [0.15, 0.2) is 0 Å². The van der Waals surface area contributed by atoms with Crippen molar-refractivity contribution in [2.75, 3.05) is 18.9 Å². The van der Waals surface area contributed by atoms with Crippen LogP contribution in [0.3, 0.4) is 0 Å². The first-order chi connectivity index (χ1) is 7.66. The third-order valence-electron chi connectivity index (χ3n) is 2.42. The van der Waals surface area contributed by atoms with Crippen LogP contribution in [0.2, 0.25) is 0 Å². The summed E-state index contributed by atoms with van der Waals surface area (Å²) in [6.07, 6.45) is 0.485. The average Bonchev–Trinajstić information content (AvgIpc) is 2.74. The van der Waals surface area contributed by atoms with E-state index in [1.54, 1.807) is 0 Å². The number of esters is 1. The number of rotatable bonds is 2. The molecule has 3 N–H and O–H groups in total. The number of nitrogens with two attached hydrogens (primary N) is 1. The maximum Gasteiger partial charge on any atom is 0.340 e. The molecule has 1 unspecified atom stereocenters. The summed E-state index contributed by atoms with van der Waals surface area (Å²) >= 11 is 0. The second kappa shape index (κ2) is 4.40. The van der Waals surface area contributed by atoms with Crippen molar-refractivity contribution in [2.24, 2.45) is 0 Å². The molecule has 16 heavy (non-hydrogen) atoms. The highest BCUT2D eigenvalue weighted by Crippen LogP contribution is 2.20. The Morgan fingerprint density at radius 2 is 2.38 bits per heavy atom. The van der Waals surface area contributed by atoms with Crippen molar-refractivity contribution in [3.8, 4) is 5.75 Å². The second-order valence-electron chi connectivity index (χ2n) is 3.66. The molecule has 0 aromatic heterocycles. The molecule has 5 nitrogen and oxygen atoms in total. The lowest BCUT2D eigenvalue weighted by atomic mass is 10.1. The first kappa shape index (κ1) is 10.8. The molecule has 5 heteroatoms. The van der Waals surface area contributed by atoms with E-state index in [2.05, 4.69) is 0 Å². The van der Waals surface area contributed by atoms with Gasteiger partial charge in [0, 0.05) is 12.1 Å². The summed E-state index contributed by atoms with van der Waals surface area (Å²) in [5.74, 6) is -0.535. The lowest BCUT2D eigenvalue weighted by Gasteiger charge is -2.11. The van der Waals surface area contributed by atoms with Crippen molar-refractivity contribution >= 4 is 11.7 Å². The Bertz CT molecular complexity index is 399. The van der Waals surface area contributed by atoms with Gasteiger partial charge in [-0.25, -0.2) is 4.79 Å². The zero-order valence-electron chi connectivity index (χ0n) is 8.68. The molecule has 1 aliphatic heterocycles. The Kier molecular flexibility index (Phi) is 2.96. The van der Waals surface area contributed by atoms with E-state index < -0.39 is 5.97 Å². The third kappa shape index (κ3) is 2.25. The number of aromatic hydroxyl groups is 1. The molecule has 86 valence electrons. The van der Waals surface area contributed by atoms with Gasteiger partial charge in [0.25, 0.3) is 0 Å². The van der Waals surface area contributed by atoms with E-state index in [4.69, 9.17) is 15.2 Å². The number of phenolic OH excluding ortho intramolecular Hbond substituents is 1. The zero-order valence-corrected chi connectivity index (χ0v) is 8.68. The van der Waals surface area contributed by atoms with Gasteiger partial charge in [-0.1, -0.05) is 0 Å². The van der Waals surface area contributed by atoms with Crippen LogP contribution in [0.5, 0.6) is 5.75 Å². The minimum Gasteiger partial charge on any atom is -0.508 e. The third-order valence-corrected chi connectivity index (χ3v) is 2.42. The number of hydrogen-bond donors (Lipinski definition) is 2. The molecule has 0 radical (unpaired) electrons. The van der Waals surface area contributed by atoms with Crippen molar-refractivity contribution in [3.63, 3.8) is 0 Å². The second-order valence-corrected chi connectivity index (χ2v) is 3.66. The number of carbonyl (C=O) groups excluding carboxylic acids is 1. The number of benzene rings is 1. The number of phenols is 1. The SMILES string of the molecule is Nc1ccc(O)cc1C(=O)OC1CCOC1. The molecular weight excluding hydrogens is 210 g/mol. The molecule has 2 rings (SSSR count). The Labute approximate surface area is 92.8 Å². The van der Waals surface area contributed by atoms with Crippen molar-refractivity contribution in [2.45, 2.75) is 12.5 Å². The number of hydrogen-bond acceptors (Lipinski definition) is 5. The van der Waals surface area contributed by atoms with Crippen LogP contribution in [0.4, 0.5) is 5.69 Å². The van der Waals surface area contributed by atoms with Crippen LogP contribution >= 0.6 is 0 Å². The number of nitrogen functional groups attached to an aromatic ring is 1. The normalized spacial score (nSPS) is 19.6. The topological polar surface area (TPSA) is 81.8 Å². The van der Waals surface area contributed by atoms with Gasteiger partial charge in [0.2, 0.25) is 0 Å². The molecule has 1 aliphatic rings. The highest BCUT2D eigenvalue weighted by Gasteiger charge is 2.22. The summed E-state index contributed by atoms with van der Waals surface area (Å²) in [5, 5.41) is 9.26. The standard InChI is InChI=1S/C11H13NO4/c12-10-2-1-7(13)5-9(10)11(14)16-8-3-4-15-6-8/h1-2,5,8,13H,3-4,6,12H2. The minimum absolute atomic E-state index is 0.0104. The maximum absolute atomic E-state index is 11.7. The Morgan fingerprint density at radius 3 is 3.06 bits per heavy atom. The minimum atomic E-state index is -0.524. The van der Waals surface area contributed by atoms with Crippen LogP contribution in [0.1, 0.15) is 16.8 Å². The fourth-order valence-corrected chi connectivity index (χ4v) is 1.54. The number of ether oxygens (including phenoxy) is 2. The van der Waals surface area contributed by atoms with Crippen LogP contribution in [-0.2, 0) is 9.47 Å². The first-order valence-corrected chi connectivity index (χ1v) is 5.04. The Morgan fingerprint density at radius 1 is 1.56 bits per heavy atom. The van der Waals surface area contributed by atoms with Crippen molar-refractivity contribution < 1.29 is 19.4 Å². The molecule has 0 spiro atoms. The van der Waals surface area contributed by atoms with E-state index in [-0.39, 0.29) is 17.4 Å². The van der Waals surface area contributed by atoms with Crippen LogP contribution in [0, 0.1) is 0 Å². The average molecular weight is 223 g/mol. The number of anilines is 1. The van der Waals surface area contributed by atoms with Crippen molar-refractivity contribution in [1.82, 2.24) is 0 Å². The Hall–Kier alpha value is -1.75. The van der Waals surface area contributed by atoms with Gasteiger partial charge in [-0.05, 0) is 18.2 Å². The Balaban J connectivity index is 2.10. The first-order valence-electron chi connectivity index (χ1n) is 5.04. The van der Waals surface area contributed by atoms with Crippen LogP contribution in [-0.4, -0.2) is 30.4 Å². The monoisotopic (exact) mass is 223 g/mol. The quantitative estimate of drug-likeness (QED) is 0.442. The van der Waals surface area contributed by atoms with Gasteiger partial charge >= 0.3 is 5.97 Å².